The van der Waals surface area contributed by atoms with Crippen LogP contribution in [0, 0.1) is 17.0 Å². The second kappa shape index (κ2) is 9.73. The van der Waals surface area contributed by atoms with Gasteiger partial charge in [0.2, 0.25) is 11.1 Å². The number of nitro groups is 1. The Morgan fingerprint density at radius 2 is 1.85 bits per heavy atom. The molecule has 1 aromatic heterocycles. The van der Waals surface area contributed by atoms with Gasteiger partial charge in [0.15, 0.2) is 6.10 Å². The molecule has 3 aromatic rings. The summed E-state index contributed by atoms with van der Waals surface area (Å²) in [5.74, 6) is -1.69. The highest BCUT2D eigenvalue weighted by molar-refractivity contribution is 5.98. The zero-order valence-electron chi connectivity index (χ0n) is 18.0. The molecule has 2 aromatic carbocycles. The first-order valence-corrected chi connectivity index (χ1v) is 9.72. The number of benzene rings is 2. The summed E-state index contributed by atoms with van der Waals surface area (Å²) >= 11 is 0. The SMILES string of the molecule is COc1ccc(NC(=O)C(C)OC(=O)c2nn(-c3ccccc3)c(C)cc2=O)c([N+](=O)[O-])c1. The van der Waals surface area contributed by atoms with Crippen LogP contribution in [0.4, 0.5) is 11.4 Å². The van der Waals surface area contributed by atoms with Gasteiger partial charge in [0.1, 0.15) is 11.4 Å². The Morgan fingerprint density at radius 3 is 2.48 bits per heavy atom. The van der Waals surface area contributed by atoms with Crippen molar-refractivity contribution in [2.24, 2.45) is 0 Å². The molecule has 0 radical (unpaired) electrons. The highest BCUT2D eigenvalue weighted by Crippen LogP contribution is 2.29. The zero-order valence-corrected chi connectivity index (χ0v) is 18.0. The highest BCUT2D eigenvalue weighted by Gasteiger charge is 2.25. The Labute approximate surface area is 187 Å². The van der Waals surface area contributed by atoms with Crippen LogP contribution in [0.25, 0.3) is 5.69 Å². The number of methoxy groups -OCH3 is 1. The van der Waals surface area contributed by atoms with Crippen molar-refractivity contribution in [3.8, 4) is 11.4 Å². The van der Waals surface area contributed by atoms with Crippen LogP contribution in [0.5, 0.6) is 5.75 Å². The van der Waals surface area contributed by atoms with E-state index in [1.807, 2.05) is 6.07 Å². The van der Waals surface area contributed by atoms with Crippen molar-refractivity contribution < 1.29 is 24.0 Å². The first-order valence-electron chi connectivity index (χ1n) is 9.72. The van der Waals surface area contributed by atoms with E-state index in [9.17, 15) is 24.5 Å². The second-order valence-electron chi connectivity index (χ2n) is 6.92. The van der Waals surface area contributed by atoms with Crippen molar-refractivity contribution in [2.45, 2.75) is 20.0 Å². The van der Waals surface area contributed by atoms with Crippen LogP contribution >= 0.6 is 0 Å². The van der Waals surface area contributed by atoms with Gasteiger partial charge in [0.25, 0.3) is 11.6 Å². The number of carbonyl (C=O) groups is 2. The van der Waals surface area contributed by atoms with E-state index in [-0.39, 0.29) is 11.4 Å². The standard InChI is InChI=1S/C22H20N4O7/c1-13-11-19(27)20(24-25(13)15-7-5-4-6-8-15)22(29)33-14(2)21(28)23-17-10-9-16(32-3)12-18(17)26(30)31/h4-12,14H,1-3H3,(H,23,28). The van der Waals surface area contributed by atoms with Gasteiger partial charge in [-0.05, 0) is 38.1 Å². The maximum absolute atomic E-state index is 12.6. The monoisotopic (exact) mass is 452 g/mol. The van der Waals surface area contributed by atoms with Crippen molar-refractivity contribution >= 4 is 23.3 Å². The van der Waals surface area contributed by atoms with Gasteiger partial charge in [-0.2, -0.15) is 5.10 Å². The Bertz CT molecular complexity index is 1270. The highest BCUT2D eigenvalue weighted by atomic mass is 16.6. The van der Waals surface area contributed by atoms with Gasteiger partial charge in [0, 0.05) is 11.8 Å². The van der Waals surface area contributed by atoms with Crippen molar-refractivity contribution in [1.29, 1.82) is 0 Å². The number of nitrogens with zero attached hydrogens (tertiary/aromatic N) is 3. The number of nitrogens with one attached hydrogen (secondary N) is 1. The van der Waals surface area contributed by atoms with Crippen molar-refractivity contribution in [1.82, 2.24) is 9.78 Å². The van der Waals surface area contributed by atoms with Gasteiger partial charge in [-0.15, -0.1) is 0 Å². The lowest BCUT2D eigenvalue weighted by Crippen LogP contribution is -2.33. The van der Waals surface area contributed by atoms with Crippen LogP contribution in [-0.4, -0.2) is 39.8 Å². The summed E-state index contributed by atoms with van der Waals surface area (Å²) in [6.07, 6.45) is -1.37. The number of nitro benzene ring substituents is 1. The molecule has 1 N–H and O–H groups in total. The molecule has 0 aliphatic heterocycles. The smallest absolute Gasteiger partial charge is 0.363 e. The fourth-order valence-corrected chi connectivity index (χ4v) is 2.92. The Hall–Kier alpha value is -4.54. The number of esters is 1. The van der Waals surface area contributed by atoms with Crippen LogP contribution in [0.15, 0.2) is 59.4 Å². The number of amides is 1. The summed E-state index contributed by atoms with van der Waals surface area (Å²) in [6.45, 7) is 2.93. The summed E-state index contributed by atoms with van der Waals surface area (Å²) in [4.78, 5) is 48.0. The Kier molecular flexibility index (Phi) is 6.82. The number of rotatable bonds is 7. The van der Waals surface area contributed by atoms with E-state index >= 15 is 0 Å². The van der Waals surface area contributed by atoms with Gasteiger partial charge < -0.3 is 14.8 Å². The minimum atomic E-state index is -1.37. The summed E-state index contributed by atoms with van der Waals surface area (Å²) < 4.78 is 11.5. The van der Waals surface area contributed by atoms with Crippen molar-refractivity contribution in [3.05, 3.63) is 86.3 Å². The maximum atomic E-state index is 12.6. The normalized spacial score (nSPS) is 11.4. The van der Waals surface area contributed by atoms with Crippen molar-refractivity contribution in [2.75, 3.05) is 12.4 Å². The zero-order chi connectivity index (χ0) is 24.1. The fraction of sp³-hybridized carbons (Fsp3) is 0.182. The molecule has 0 saturated heterocycles. The average Bonchev–Trinajstić information content (AvgIpc) is 2.79. The molecule has 1 heterocycles. The predicted octanol–water partition coefficient (Wildman–Crippen LogP) is 2.64. The summed E-state index contributed by atoms with van der Waals surface area (Å²) in [5.41, 5.74) is -0.537. The maximum Gasteiger partial charge on any atom is 0.363 e. The van der Waals surface area contributed by atoms with Gasteiger partial charge in [-0.3, -0.25) is 19.7 Å². The number of aryl methyl sites for hydroxylation is 1. The van der Waals surface area contributed by atoms with E-state index in [0.717, 1.165) is 6.07 Å². The largest absolute Gasteiger partial charge is 0.496 e. The van der Waals surface area contributed by atoms with E-state index in [1.165, 1.54) is 36.9 Å². The topological polar surface area (TPSA) is 143 Å². The minimum absolute atomic E-state index is 0.103. The summed E-state index contributed by atoms with van der Waals surface area (Å²) in [7, 11) is 1.35. The molecule has 11 heteroatoms. The van der Waals surface area contributed by atoms with E-state index < -0.39 is 39.7 Å². The molecule has 0 aliphatic carbocycles. The summed E-state index contributed by atoms with van der Waals surface area (Å²) in [5, 5.41) is 17.7. The molecule has 0 aliphatic rings. The lowest BCUT2D eigenvalue weighted by atomic mass is 10.2. The lowest BCUT2D eigenvalue weighted by Gasteiger charge is -2.15. The van der Waals surface area contributed by atoms with Crippen LogP contribution in [0.1, 0.15) is 23.1 Å². The van der Waals surface area contributed by atoms with Gasteiger partial charge in [0.05, 0.1) is 23.8 Å². The van der Waals surface area contributed by atoms with Crippen LogP contribution in [0.2, 0.25) is 0 Å². The first-order chi connectivity index (χ1) is 15.7. The van der Waals surface area contributed by atoms with E-state index in [2.05, 4.69) is 10.4 Å². The first kappa shape index (κ1) is 23.1. The Morgan fingerprint density at radius 1 is 1.15 bits per heavy atom. The second-order valence-corrected chi connectivity index (χ2v) is 6.92. The van der Waals surface area contributed by atoms with Crippen molar-refractivity contribution in [3.63, 3.8) is 0 Å². The fourth-order valence-electron chi connectivity index (χ4n) is 2.92. The molecule has 0 fully saturated rings. The van der Waals surface area contributed by atoms with E-state index in [1.54, 1.807) is 31.2 Å². The van der Waals surface area contributed by atoms with E-state index in [4.69, 9.17) is 9.47 Å². The molecule has 11 nitrogen and oxygen atoms in total. The minimum Gasteiger partial charge on any atom is -0.496 e. The lowest BCUT2D eigenvalue weighted by molar-refractivity contribution is -0.384. The van der Waals surface area contributed by atoms with Gasteiger partial charge in [-0.1, -0.05) is 18.2 Å². The quantitative estimate of drug-likeness (QED) is 0.327. The molecule has 0 bridgehead atoms. The predicted molar refractivity (Wildman–Crippen MR) is 118 cm³/mol. The molecule has 1 unspecified atom stereocenters. The van der Waals surface area contributed by atoms with Gasteiger partial charge >= 0.3 is 5.97 Å². The third-order valence-corrected chi connectivity index (χ3v) is 4.61. The number of hydrogen-bond acceptors (Lipinski definition) is 8. The molecule has 1 atom stereocenters. The molecule has 0 spiro atoms. The number of para-hydroxylation sites is 1. The molecular weight excluding hydrogens is 432 g/mol. The third kappa shape index (κ3) is 5.21. The number of ether oxygens (including phenoxy) is 2. The average molecular weight is 452 g/mol. The molecule has 3 rings (SSSR count). The molecule has 0 saturated carbocycles. The van der Waals surface area contributed by atoms with Gasteiger partial charge in [-0.25, -0.2) is 9.48 Å². The number of carbonyl (C=O) groups excluding carboxylic acids is 2. The molecule has 33 heavy (non-hydrogen) atoms. The van der Waals surface area contributed by atoms with Crippen LogP contribution in [0.3, 0.4) is 0 Å². The number of hydrogen-bond donors (Lipinski definition) is 1. The van der Waals surface area contributed by atoms with Crippen LogP contribution in [-0.2, 0) is 9.53 Å². The molecular formula is C22H20N4O7. The summed E-state index contributed by atoms with van der Waals surface area (Å²) in [6, 6.07) is 14.0. The number of aromatic nitrogens is 2. The third-order valence-electron chi connectivity index (χ3n) is 4.61. The Balaban J connectivity index is 1.79. The number of anilines is 1. The van der Waals surface area contributed by atoms with Crippen LogP contribution < -0.4 is 15.5 Å². The molecule has 1 amide bonds. The molecule has 170 valence electrons. The van der Waals surface area contributed by atoms with E-state index in [0.29, 0.717) is 11.4 Å².